The van der Waals surface area contributed by atoms with Gasteiger partial charge in [0.25, 0.3) is 0 Å². The van der Waals surface area contributed by atoms with Crippen molar-refractivity contribution in [2.45, 2.75) is 18.9 Å². The Morgan fingerprint density at radius 2 is 1.75 bits per heavy atom. The maximum Gasteiger partial charge on any atom is 0.162 e. The minimum Gasteiger partial charge on any atom is -0.327 e. The fourth-order valence-electron chi connectivity index (χ4n) is 2.03. The quantitative estimate of drug-likeness (QED) is 0.892. The summed E-state index contributed by atoms with van der Waals surface area (Å²) < 4.78 is 40.1. The molecule has 20 heavy (non-hydrogen) atoms. The molecule has 0 aliphatic heterocycles. The maximum absolute atomic E-state index is 13.5. The van der Waals surface area contributed by atoms with Crippen LogP contribution >= 0.6 is 15.9 Å². The van der Waals surface area contributed by atoms with Gasteiger partial charge in [0.15, 0.2) is 11.6 Å². The van der Waals surface area contributed by atoms with E-state index in [1.165, 1.54) is 18.2 Å². The van der Waals surface area contributed by atoms with Gasteiger partial charge in [-0.3, -0.25) is 0 Å². The molecule has 0 aliphatic rings. The van der Waals surface area contributed by atoms with Gasteiger partial charge in [0.2, 0.25) is 0 Å². The minimum atomic E-state index is -0.876. The first-order valence-corrected chi connectivity index (χ1v) is 6.89. The molecular formula is C15H13BrF3N. The summed E-state index contributed by atoms with van der Waals surface area (Å²) in [6.07, 6.45) is 0.674. The van der Waals surface area contributed by atoms with E-state index in [-0.39, 0.29) is 23.8 Å². The molecule has 0 heterocycles. The Kier molecular flexibility index (Phi) is 4.83. The van der Waals surface area contributed by atoms with Gasteiger partial charge < -0.3 is 5.73 Å². The number of halogens is 4. The molecule has 2 aromatic carbocycles. The second-order valence-corrected chi connectivity index (χ2v) is 5.48. The SMILES string of the molecule is NC(Cc1ccc(F)c(Br)c1)Cc1cccc(F)c1F. The first-order valence-electron chi connectivity index (χ1n) is 6.09. The Balaban J connectivity index is 2.07. The van der Waals surface area contributed by atoms with Crippen molar-refractivity contribution in [3.63, 3.8) is 0 Å². The summed E-state index contributed by atoms with van der Waals surface area (Å²) in [5.41, 5.74) is 7.03. The van der Waals surface area contributed by atoms with Crippen LogP contribution in [0.1, 0.15) is 11.1 Å². The van der Waals surface area contributed by atoms with Gasteiger partial charge in [-0.2, -0.15) is 0 Å². The molecule has 2 aromatic rings. The predicted molar refractivity (Wildman–Crippen MR) is 75.8 cm³/mol. The molecule has 5 heteroatoms. The zero-order valence-corrected chi connectivity index (χ0v) is 12.1. The van der Waals surface area contributed by atoms with Crippen molar-refractivity contribution in [1.82, 2.24) is 0 Å². The fraction of sp³-hybridized carbons (Fsp3) is 0.200. The monoisotopic (exact) mass is 343 g/mol. The lowest BCUT2D eigenvalue weighted by Gasteiger charge is -2.13. The first-order chi connectivity index (χ1) is 9.47. The molecule has 1 atom stereocenters. The highest BCUT2D eigenvalue weighted by atomic mass is 79.9. The van der Waals surface area contributed by atoms with Crippen LogP contribution in [0.3, 0.4) is 0 Å². The molecule has 0 radical (unpaired) electrons. The highest BCUT2D eigenvalue weighted by Crippen LogP contribution is 2.19. The van der Waals surface area contributed by atoms with Crippen molar-refractivity contribution in [2.75, 3.05) is 0 Å². The smallest absolute Gasteiger partial charge is 0.162 e. The fourth-order valence-corrected chi connectivity index (χ4v) is 2.46. The van der Waals surface area contributed by atoms with Crippen molar-refractivity contribution in [3.8, 4) is 0 Å². The van der Waals surface area contributed by atoms with E-state index >= 15 is 0 Å². The van der Waals surface area contributed by atoms with E-state index in [4.69, 9.17) is 5.73 Å². The zero-order chi connectivity index (χ0) is 14.7. The molecule has 2 N–H and O–H groups in total. The summed E-state index contributed by atoms with van der Waals surface area (Å²) in [5.74, 6) is -2.08. The summed E-state index contributed by atoms with van der Waals surface area (Å²) in [6.45, 7) is 0. The third-order valence-electron chi connectivity index (χ3n) is 3.00. The lowest BCUT2D eigenvalue weighted by molar-refractivity contribution is 0.492. The topological polar surface area (TPSA) is 26.0 Å². The third-order valence-corrected chi connectivity index (χ3v) is 3.60. The van der Waals surface area contributed by atoms with Gasteiger partial charge in [0, 0.05) is 6.04 Å². The van der Waals surface area contributed by atoms with Crippen LogP contribution < -0.4 is 5.73 Å². The van der Waals surface area contributed by atoms with Gasteiger partial charge in [-0.1, -0.05) is 18.2 Å². The summed E-state index contributed by atoms with van der Waals surface area (Å²) in [5, 5.41) is 0. The summed E-state index contributed by atoms with van der Waals surface area (Å²) in [4.78, 5) is 0. The van der Waals surface area contributed by atoms with Crippen LogP contribution in [-0.2, 0) is 12.8 Å². The summed E-state index contributed by atoms with van der Waals surface area (Å²) in [7, 11) is 0. The van der Waals surface area contributed by atoms with Gasteiger partial charge in [0.1, 0.15) is 5.82 Å². The van der Waals surface area contributed by atoms with Crippen LogP contribution in [0.15, 0.2) is 40.9 Å². The summed E-state index contributed by atoms with van der Waals surface area (Å²) in [6, 6.07) is 8.27. The molecule has 0 fully saturated rings. The van der Waals surface area contributed by atoms with Crippen LogP contribution in [0.2, 0.25) is 0 Å². The largest absolute Gasteiger partial charge is 0.327 e. The summed E-state index contributed by atoms with van der Waals surface area (Å²) >= 11 is 3.10. The Morgan fingerprint density at radius 1 is 1.00 bits per heavy atom. The second-order valence-electron chi connectivity index (χ2n) is 4.63. The maximum atomic E-state index is 13.5. The van der Waals surface area contributed by atoms with Crippen molar-refractivity contribution in [2.24, 2.45) is 5.73 Å². The molecular weight excluding hydrogens is 331 g/mol. The molecule has 0 aliphatic carbocycles. The van der Waals surface area contributed by atoms with Gasteiger partial charge in [-0.15, -0.1) is 0 Å². The Hall–Kier alpha value is -1.33. The van der Waals surface area contributed by atoms with Gasteiger partial charge in [0.05, 0.1) is 4.47 Å². The number of hydrogen-bond acceptors (Lipinski definition) is 1. The highest BCUT2D eigenvalue weighted by molar-refractivity contribution is 9.10. The van der Waals surface area contributed by atoms with E-state index in [0.29, 0.717) is 10.9 Å². The van der Waals surface area contributed by atoms with Gasteiger partial charge >= 0.3 is 0 Å². The highest BCUT2D eigenvalue weighted by Gasteiger charge is 2.12. The average Bonchev–Trinajstić information content (AvgIpc) is 2.39. The Labute approximate surface area is 123 Å². The van der Waals surface area contributed by atoms with Crippen LogP contribution in [0.25, 0.3) is 0 Å². The molecule has 0 aromatic heterocycles. The van der Waals surface area contributed by atoms with E-state index in [9.17, 15) is 13.2 Å². The first kappa shape index (κ1) is 15.1. The van der Waals surface area contributed by atoms with Crippen LogP contribution in [0, 0.1) is 17.5 Å². The van der Waals surface area contributed by atoms with E-state index in [1.807, 2.05) is 0 Å². The van der Waals surface area contributed by atoms with Crippen molar-refractivity contribution >= 4 is 15.9 Å². The molecule has 1 unspecified atom stereocenters. The van der Waals surface area contributed by atoms with Crippen LogP contribution in [0.4, 0.5) is 13.2 Å². The molecule has 0 saturated heterocycles. The van der Waals surface area contributed by atoms with Crippen molar-refractivity contribution in [1.29, 1.82) is 0 Å². The third kappa shape index (κ3) is 3.61. The van der Waals surface area contributed by atoms with E-state index in [0.717, 1.165) is 11.6 Å². The molecule has 1 nitrogen and oxygen atoms in total. The van der Waals surface area contributed by atoms with Gasteiger partial charge in [-0.05, 0) is 58.1 Å². The molecule has 0 amide bonds. The number of benzene rings is 2. The number of nitrogens with two attached hydrogens (primary N) is 1. The Bertz CT molecular complexity index is 616. The standard InChI is InChI=1S/C15H13BrF3N/c16-12-7-9(4-5-13(12)17)6-11(20)8-10-2-1-3-14(18)15(10)19/h1-5,7,11H,6,8,20H2. The Morgan fingerprint density at radius 3 is 2.45 bits per heavy atom. The average molecular weight is 344 g/mol. The molecule has 0 saturated carbocycles. The van der Waals surface area contributed by atoms with Crippen LogP contribution in [-0.4, -0.2) is 6.04 Å². The normalized spacial score (nSPS) is 12.4. The van der Waals surface area contributed by atoms with E-state index in [2.05, 4.69) is 15.9 Å². The number of rotatable bonds is 4. The van der Waals surface area contributed by atoms with E-state index < -0.39 is 11.6 Å². The van der Waals surface area contributed by atoms with Gasteiger partial charge in [-0.25, -0.2) is 13.2 Å². The van der Waals surface area contributed by atoms with Crippen LogP contribution in [0.5, 0.6) is 0 Å². The second kappa shape index (κ2) is 6.41. The number of hydrogen-bond donors (Lipinski definition) is 1. The van der Waals surface area contributed by atoms with E-state index in [1.54, 1.807) is 12.1 Å². The lowest BCUT2D eigenvalue weighted by Crippen LogP contribution is -2.26. The molecule has 0 spiro atoms. The minimum absolute atomic E-state index is 0.221. The van der Waals surface area contributed by atoms with Crippen molar-refractivity contribution < 1.29 is 13.2 Å². The molecule has 0 bridgehead atoms. The molecule has 106 valence electrons. The molecule has 2 rings (SSSR count). The zero-order valence-electron chi connectivity index (χ0n) is 10.5. The lowest BCUT2D eigenvalue weighted by atomic mass is 9.99. The van der Waals surface area contributed by atoms with Crippen molar-refractivity contribution in [3.05, 3.63) is 69.4 Å². The predicted octanol–water partition coefficient (Wildman–Crippen LogP) is 3.98.